The molecule has 1 amide bonds. The zero-order chi connectivity index (χ0) is 10.8. The van der Waals surface area contributed by atoms with Crippen LogP contribution in [0, 0.1) is 0 Å². The van der Waals surface area contributed by atoms with Crippen LogP contribution in [-0.2, 0) is 4.79 Å². The molecule has 1 unspecified atom stereocenters. The highest BCUT2D eigenvalue weighted by Gasteiger charge is 2.31. The summed E-state index contributed by atoms with van der Waals surface area (Å²) in [6, 6.07) is 9.43. The third kappa shape index (κ3) is 1.65. The third-order valence-corrected chi connectivity index (χ3v) is 2.51. The van der Waals surface area contributed by atoms with E-state index in [1.807, 2.05) is 44.2 Å². The van der Waals surface area contributed by atoms with Gasteiger partial charge in [0.15, 0.2) is 0 Å². The molecule has 1 aliphatic rings. The fourth-order valence-electron chi connectivity index (χ4n) is 1.75. The standard InChI is InChI=1S/C12H14N2O/c1-3-11-13-9(2)12(15)14(11)10-7-5-4-6-8-10/h4-9H,3H2,1-2H3. The van der Waals surface area contributed by atoms with Gasteiger partial charge in [-0.2, -0.15) is 0 Å². The molecule has 0 aromatic heterocycles. The molecule has 0 radical (unpaired) electrons. The Hall–Kier alpha value is -1.64. The molecule has 3 heteroatoms. The molecule has 1 aliphatic heterocycles. The molecule has 0 bridgehead atoms. The lowest BCUT2D eigenvalue weighted by molar-refractivity contribution is -0.117. The highest BCUT2D eigenvalue weighted by Crippen LogP contribution is 2.22. The minimum Gasteiger partial charge on any atom is -0.272 e. The molecule has 0 aliphatic carbocycles. The summed E-state index contributed by atoms with van der Waals surface area (Å²) in [5, 5.41) is 0. The molecule has 0 saturated heterocycles. The average molecular weight is 202 g/mol. The Kier molecular flexibility index (Phi) is 2.54. The molecule has 1 aromatic carbocycles. The van der Waals surface area contributed by atoms with Gasteiger partial charge in [0.1, 0.15) is 11.9 Å². The maximum atomic E-state index is 11.9. The van der Waals surface area contributed by atoms with E-state index < -0.39 is 0 Å². The molecule has 15 heavy (non-hydrogen) atoms. The van der Waals surface area contributed by atoms with E-state index in [1.165, 1.54) is 0 Å². The fourth-order valence-corrected chi connectivity index (χ4v) is 1.75. The maximum Gasteiger partial charge on any atom is 0.257 e. The van der Waals surface area contributed by atoms with Crippen molar-refractivity contribution in [2.45, 2.75) is 26.3 Å². The molecule has 1 aromatic rings. The van der Waals surface area contributed by atoms with E-state index in [2.05, 4.69) is 4.99 Å². The molecule has 0 fully saturated rings. The number of aliphatic imine (C=N–C) groups is 1. The summed E-state index contributed by atoms with van der Waals surface area (Å²) >= 11 is 0. The van der Waals surface area contributed by atoms with Crippen LogP contribution in [0.4, 0.5) is 5.69 Å². The van der Waals surface area contributed by atoms with E-state index in [9.17, 15) is 4.79 Å². The number of rotatable bonds is 2. The molecule has 2 rings (SSSR count). The van der Waals surface area contributed by atoms with Gasteiger partial charge in [-0.3, -0.25) is 14.7 Å². The number of hydrogen-bond donors (Lipinski definition) is 0. The van der Waals surface area contributed by atoms with Gasteiger partial charge in [0.05, 0.1) is 5.69 Å². The van der Waals surface area contributed by atoms with Crippen LogP contribution in [-0.4, -0.2) is 17.8 Å². The van der Waals surface area contributed by atoms with Crippen molar-refractivity contribution in [3.8, 4) is 0 Å². The first-order chi connectivity index (χ1) is 7.24. The van der Waals surface area contributed by atoms with E-state index in [-0.39, 0.29) is 11.9 Å². The van der Waals surface area contributed by atoms with Gasteiger partial charge in [-0.1, -0.05) is 25.1 Å². The molecule has 78 valence electrons. The van der Waals surface area contributed by atoms with Crippen molar-refractivity contribution in [1.82, 2.24) is 0 Å². The second-order valence-electron chi connectivity index (χ2n) is 3.58. The Bertz CT molecular complexity index is 397. The Labute approximate surface area is 89.4 Å². The van der Waals surface area contributed by atoms with Crippen molar-refractivity contribution < 1.29 is 4.79 Å². The van der Waals surface area contributed by atoms with Crippen LogP contribution < -0.4 is 4.90 Å². The Balaban J connectivity index is 2.37. The summed E-state index contributed by atoms with van der Waals surface area (Å²) < 4.78 is 0. The number of amidine groups is 1. The predicted octanol–water partition coefficient (Wildman–Crippen LogP) is 2.23. The van der Waals surface area contributed by atoms with E-state index in [0.717, 1.165) is 17.9 Å². The van der Waals surface area contributed by atoms with Crippen molar-refractivity contribution >= 4 is 17.4 Å². The topological polar surface area (TPSA) is 32.7 Å². The summed E-state index contributed by atoms with van der Waals surface area (Å²) in [6.45, 7) is 3.85. The van der Waals surface area contributed by atoms with Crippen molar-refractivity contribution in [3.63, 3.8) is 0 Å². The zero-order valence-electron chi connectivity index (χ0n) is 8.97. The third-order valence-electron chi connectivity index (χ3n) is 2.51. The van der Waals surface area contributed by atoms with Crippen molar-refractivity contribution in [2.75, 3.05) is 4.90 Å². The smallest absolute Gasteiger partial charge is 0.257 e. The van der Waals surface area contributed by atoms with Gasteiger partial charge in [0, 0.05) is 6.42 Å². The van der Waals surface area contributed by atoms with Crippen LogP contribution in [0.3, 0.4) is 0 Å². The first-order valence-electron chi connectivity index (χ1n) is 5.19. The van der Waals surface area contributed by atoms with Gasteiger partial charge in [-0.15, -0.1) is 0 Å². The monoisotopic (exact) mass is 202 g/mol. The molecule has 3 nitrogen and oxygen atoms in total. The lowest BCUT2D eigenvalue weighted by Crippen LogP contribution is -2.34. The first-order valence-corrected chi connectivity index (χ1v) is 5.19. The van der Waals surface area contributed by atoms with Gasteiger partial charge in [0.25, 0.3) is 5.91 Å². The van der Waals surface area contributed by atoms with E-state index in [4.69, 9.17) is 0 Å². The molecular weight excluding hydrogens is 188 g/mol. The molecule has 0 saturated carbocycles. The summed E-state index contributed by atoms with van der Waals surface area (Å²) in [6.07, 6.45) is 0.783. The number of para-hydroxylation sites is 1. The largest absolute Gasteiger partial charge is 0.272 e. The van der Waals surface area contributed by atoms with Gasteiger partial charge in [0.2, 0.25) is 0 Å². The summed E-state index contributed by atoms with van der Waals surface area (Å²) in [5.74, 6) is 0.928. The van der Waals surface area contributed by atoms with Gasteiger partial charge >= 0.3 is 0 Å². The normalized spacial score (nSPS) is 20.7. The molecule has 0 spiro atoms. The maximum absolute atomic E-state index is 11.9. The van der Waals surface area contributed by atoms with E-state index >= 15 is 0 Å². The van der Waals surface area contributed by atoms with Gasteiger partial charge in [-0.25, -0.2) is 0 Å². The average Bonchev–Trinajstić information content (AvgIpc) is 2.56. The van der Waals surface area contributed by atoms with Crippen molar-refractivity contribution in [2.24, 2.45) is 4.99 Å². The summed E-state index contributed by atoms with van der Waals surface area (Å²) in [5.41, 5.74) is 0.910. The quantitative estimate of drug-likeness (QED) is 0.723. The van der Waals surface area contributed by atoms with Gasteiger partial charge in [-0.05, 0) is 19.1 Å². The number of hydrogen-bond acceptors (Lipinski definition) is 2. The number of benzene rings is 1. The first kappa shape index (κ1) is 9.90. The molecule has 1 atom stereocenters. The number of carbonyl (C=O) groups is 1. The van der Waals surface area contributed by atoms with E-state index in [0.29, 0.717) is 0 Å². The molecule has 0 N–H and O–H groups in total. The van der Waals surface area contributed by atoms with Crippen LogP contribution in [0.5, 0.6) is 0 Å². The van der Waals surface area contributed by atoms with Crippen LogP contribution >= 0.6 is 0 Å². The van der Waals surface area contributed by atoms with Crippen molar-refractivity contribution in [1.29, 1.82) is 0 Å². The second kappa shape index (κ2) is 3.85. The minimum atomic E-state index is -0.236. The number of carbonyl (C=O) groups excluding carboxylic acids is 1. The Morgan fingerprint density at radius 1 is 1.33 bits per heavy atom. The predicted molar refractivity (Wildman–Crippen MR) is 61.1 cm³/mol. The van der Waals surface area contributed by atoms with Crippen LogP contribution in [0.25, 0.3) is 0 Å². The van der Waals surface area contributed by atoms with Gasteiger partial charge < -0.3 is 0 Å². The highest BCUT2D eigenvalue weighted by molar-refractivity contribution is 6.22. The highest BCUT2D eigenvalue weighted by atomic mass is 16.2. The lowest BCUT2D eigenvalue weighted by Gasteiger charge is -2.17. The molecular formula is C12H14N2O. The summed E-state index contributed by atoms with van der Waals surface area (Å²) in [4.78, 5) is 17.9. The van der Waals surface area contributed by atoms with E-state index in [1.54, 1.807) is 4.90 Å². The SMILES string of the molecule is CCC1=NC(C)C(=O)N1c1ccccc1. The van der Waals surface area contributed by atoms with Crippen molar-refractivity contribution in [3.05, 3.63) is 30.3 Å². The Morgan fingerprint density at radius 2 is 2.00 bits per heavy atom. The number of anilines is 1. The van der Waals surface area contributed by atoms with Crippen LogP contribution in [0.1, 0.15) is 20.3 Å². The number of nitrogens with zero attached hydrogens (tertiary/aromatic N) is 2. The second-order valence-corrected chi connectivity index (χ2v) is 3.58. The zero-order valence-corrected chi connectivity index (χ0v) is 8.97. The number of amides is 1. The van der Waals surface area contributed by atoms with Crippen LogP contribution in [0.15, 0.2) is 35.3 Å². The van der Waals surface area contributed by atoms with Crippen LogP contribution in [0.2, 0.25) is 0 Å². The molecule has 1 heterocycles. The Morgan fingerprint density at radius 3 is 2.60 bits per heavy atom. The lowest BCUT2D eigenvalue weighted by atomic mass is 10.2. The fraction of sp³-hybridized carbons (Fsp3) is 0.333. The minimum absolute atomic E-state index is 0.0676. The summed E-state index contributed by atoms with van der Waals surface area (Å²) in [7, 11) is 0.